The van der Waals surface area contributed by atoms with E-state index in [1.165, 1.54) is 0 Å². The van der Waals surface area contributed by atoms with E-state index in [4.69, 9.17) is 13.9 Å². The fourth-order valence-corrected chi connectivity index (χ4v) is 3.55. The lowest BCUT2D eigenvalue weighted by molar-refractivity contribution is 0.287. The van der Waals surface area contributed by atoms with Crippen molar-refractivity contribution in [2.24, 2.45) is 4.99 Å². The first kappa shape index (κ1) is 21.7. The Morgan fingerprint density at radius 1 is 1.20 bits per heavy atom. The van der Waals surface area contributed by atoms with Crippen molar-refractivity contribution in [1.82, 2.24) is 15.6 Å². The summed E-state index contributed by atoms with van der Waals surface area (Å²) in [4.78, 5) is 9.85. The Bertz CT molecular complexity index is 953. The first-order valence-electron chi connectivity index (χ1n) is 9.99. The molecule has 0 aliphatic carbocycles. The normalized spacial score (nSPS) is 12.5. The molecule has 2 N–H and O–H groups in total. The van der Waals surface area contributed by atoms with E-state index in [0.29, 0.717) is 31.6 Å². The Balaban J connectivity index is 1.60. The second-order valence-electron chi connectivity index (χ2n) is 6.49. The van der Waals surface area contributed by atoms with E-state index in [1.54, 1.807) is 24.6 Å². The van der Waals surface area contributed by atoms with Gasteiger partial charge in [-0.05, 0) is 49.9 Å². The lowest BCUT2D eigenvalue weighted by atomic mass is 10.1. The average molecular weight is 429 g/mol. The van der Waals surface area contributed by atoms with E-state index in [2.05, 4.69) is 27.5 Å². The van der Waals surface area contributed by atoms with E-state index in [9.17, 15) is 0 Å². The molecular weight excluding hydrogens is 400 g/mol. The van der Waals surface area contributed by atoms with Crippen LogP contribution in [0, 0.1) is 0 Å². The number of hydrogen-bond donors (Lipinski definition) is 2. The second kappa shape index (κ2) is 10.7. The molecule has 160 valence electrons. The van der Waals surface area contributed by atoms with Gasteiger partial charge in [0.25, 0.3) is 0 Å². The Morgan fingerprint density at radius 2 is 2.00 bits per heavy atom. The summed E-state index contributed by atoms with van der Waals surface area (Å²) in [5.74, 6) is 2.81. The van der Waals surface area contributed by atoms with Gasteiger partial charge in [0.15, 0.2) is 17.5 Å². The summed E-state index contributed by atoms with van der Waals surface area (Å²) in [5, 5.41) is 8.68. The molecule has 0 bridgehead atoms. The third-order valence-electron chi connectivity index (χ3n) is 4.36. The van der Waals surface area contributed by atoms with Crippen molar-refractivity contribution < 1.29 is 13.9 Å². The van der Waals surface area contributed by atoms with Gasteiger partial charge >= 0.3 is 0 Å². The maximum Gasteiger partial charge on any atom is 0.236 e. The summed E-state index contributed by atoms with van der Waals surface area (Å²) in [6.07, 6.45) is 1.67. The van der Waals surface area contributed by atoms with E-state index in [0.717, 1.165) is 27.6 Å². The molecule has 0 amide bonds. The smallest absolute Gasteiger partial charge is 0.236 e. The minimum atomic E-state index is 0.0186. The first-order valence-corrected chi connectivity index (χ1v) is 10.9. The quantitative estimate of drug-likeness (QED) is 0.382. The summed E-state index contributed by atoms with van der Waals surface area (Å²) < 4.78 is 16.9. The highest BCUT2D eigenvalue weighted by Crippen LogP contribution is 2.30. The van der Waals surface area contributed by atoms with Crippen molar-refractivity contribution in [1.29, 1.82) is 0 Å². The third kappa shape index (κ3) is 5.54. The highest BCUT2D eigenvalue weighted by molar-refractivity contribution is 7.13. The zero-order valence-corrected chi connectivity index (χ0v) is 18.6. The lowest BCUT2D eigenvalue weighted by Crippen LogP contribution is -2.38. The molecule has 0 saturated heterocycles. The van der Waals surface area contributed by atoms with Gasteiger partial charge in [0.05, 0.1) is 36.4 Å². The molecule has 0 saturated carbocycles. The molecule has 3 aromatic rings. The second-order valence-corrected chi connectivity index (χ2v) is 7.43. The molecule has 1 unspecified atom stereocenters. The minimum Gasteiger partial charge on any atom is -0.490 e. The summed E-state index contributed by atoms with van der Waals surface area (Å²) in [7, 11) is 1.74. The molecule has 0 aliphatic heterocycles. The van der Waals surface area contributed by atoms with Crippen molar-refractivity contribution in [3.8, 4) is 22.3 Å². The maximum atomic E-state index is 5.73. The predicted molar refractivity (Wildman–Crippen MR) is 120 cm³/mol. The Hall–Kier alpha value is -3.00. The van der Waals surface area contributed by atoms with Crippen LogP contribution in [0.25, 0.3) is 10.8 Å². The molecule has 1 atom stereocenters. The van der Waals surface area contributed by atoms with Gasteiger partial charge in [0.1, 0.15) is 6.26 Å². The van der Waals surface area contributed by atoms with Crippen LogP contribution in [-0.2, 0) is 6.54 Å². The van der Waals surface area contributed by atoms with Gasteiger partial charge in [0.2, 0.25) is 5.89 Å². The van der Waals surface area contributed by atoms with Crippen molar-refractivity contribution in [2.45, 2.75) is 33.4 Å². The molecule has 0 radical (unpaired) electrons. The predicted octanol–water partition coefficient (Wildman–Crippen LogP) is 4.63. The van der Waals surface area contributed by atoms with Crippen LogP contribution in [0.5, 0.6) is 11.5 Å². The van der Waals surface area contributed by atoms with Gasteiger partial charge in [-0.25, -0.2) is 4.98 Å². The van der Waals surface area contributed by atoms with Gasteiger partial charge in [-0.3, -0.25) is 4.99 Å². The van der Waals surface area contributed by atoms with Crippen molar-refractivity contribution in [3.63, 3.8) is 0 Å². The molecule has 2 aromatic heterocycles. The maximum absolute atomic E-state index is 5.73. The fraction of sp³-hybridized carbons (Fsp3) is 0.364. The lowest BCUT2D eigenvalue weighted by Gasteiger charge is -2.19. The summed E-state index contributed by atoms with van der Waals surface area (Å²) >= 11 is 1.60. The standard InChI is InChI=1S/C22H28N4O3S/c1-5-27-18-10-9-16(12-19(18)28-6-2)15(3)25-22(23-4)24-13-17-14-29-21(26-17)20-8-7-11-30-20/h7-12,14-15H,5-6,13H2,1-4H3,(H2,23,24,25). The number of rotatable bonds is 9. The number of aromatic nitrogens is 1. The summed E-state index contributed by atoms with van der Waals surface area (Å²) in [6.45, 7) is 7.68. The molecule has 7 nitrogen and oxygen atoms in total. The van der Waals surface area contributed by atoms with Crippen LogP contribution < -0.4 is 20.1 Å². The number of guanidine groups is 1. The Morgan fingerprint density at radius 3 is 2.70 bits per heavy atom. The number of benzene rings is 1. The van der Waals surface area contributed by atoms with Crippen LogP contribution in [-0.4, -0.2) is 31.2 Å². The summed E-state index contributed by atoms with van der Waals surface area (Å²) in [5.41, 5.74) is 1.89. The highest BCUT2D eigenvalue weighted by Gasteiger charge is 2.13. The van der Waals surface area contributed by atoms with Crippen LogP contribution in [0.15, 0.2) is 51.4 Å². The number of thiophene rings is 1. The SMILES string of the molecule is CCOc1ccc(C(C)NC(=NC)NCc2coc(-c3cccs3)n2)cc1OCC. The zero-order valence-electron chi connectivity index (χ0n) is 17.8. The van der Waals surface area contributed by atoms with Crippen LogP contribution in [0.2, 0.25) is 0 Å². The van der Waals surface area contributed by atoms with E-state index < -0.39 is 0 Å². The molecule has 30 heavy (non-hydrogen) atoms. The largest absolute Gasteiger partial charge is 0.490 e. The third-order valence-corrected chi connectivity index (χ3v) is 5.22. The number of hydrogen-bond acceptors (Lipinski definition) is 6. The minimum absolute atomic E-state index is 0.0186. The topological polar surface area (TPSA) is 80.9 Å². The molecular formula is C22H28N4O3S. The van der Waals surface area contributed by atoms with Crippen LogP contribution in [0.3, 0.4) is 0 Å². The number of nitrogens with one attached hydrogen (secondary N) is 2. The van der Waals surface area contributed by atoms with Crippen LogP contribution in [0.1, 0.15) is 38.1 Å². The van der Waals surface area contributed by atoms with Gasteiger partial charge in [-0.15, -0.1) is 11.3 Å². The number of aliphatic imine (C=N–C) groups is 1. The summed E-state index contributed by atoms with van der Waals surface area (Å²) in [6, 6.07) is 9.97. The van der Waals surface area contributed by atoms with Crippen LogP contribution >= 0.6 is 11.3 Å². The molecule has 3 rings (SSSR count). The van der Waals surface area contributed by atoms with E-state index >= 15 is 0 Å². The number of oxazole rings is 1. The molecule has 1 aromatic carbocycles. The van der Waals surface area contributed by atoms with E-state index in [-0.39, 0.29) is 6.04 Å². The van der Waals surface area contributed by atoms with E-state index in [1.807, 2.05) is 49.6 Å². The van der Waals surface area contributed by atoms with Crippen molar-refractivity contribution >= 4 is 17.3 Å². The monoisotopic (exact) mass is 428 g/mol. The number of nitrogens with zero attached hydrogens (tertiary/aromatic N) is 2. The zero-order chi connectivity index (χ0) is 21.3. The van der Waals surface area contributed by atoms with Gasteiger partial charge in [-0.2, -0.15) is 0 Å². The highest BCUT2D eigenvalue weighted by atomic mass is 32.1. The van der Waals surface area contributed by atoms with Gasteiger partial charge in [-0.1, -0.05) is 12.1 Å². The van der Waals surface area contributed by atoms with Crippen molar-refractivity contribution in [2.75, 3.05) is 20.3 Å². The molecule has 2 heterocycles. The molecule has 8 heteroatoms. The molecule has 0 fully saturated rings. The Labute approximate surface area is 181 Å². The average Bonchev–Trinajstić information content (AvgIpc) is 3.44. The van der Waals surface area contributed by atoms with Crippen molar-refractivity contribution in [3.05, 3.63) is 53.2 Å². The molecule has 0 aliphatic rings. The first-order chi connectivity index (χ1) is 14.6. The fourth-order valence-electron chi connectivity index (χ4n) is 2.90. The van der Waals surface area contributed by atoms with Gasteiger partial charge in [0, 0.05) is 7.05 Å². The van der Waals surface area contributed by atoms with Gasteiger partial charge < -0.3 is 24.5 Å². The van der Waals surface area contributed by atoms with Crippen LogP contribution in [0.4, 0.5) is 0 Å². The number of ether oxygens (including phenoxy) is 2. The Kier molecular flexibility index (Phi) is 7.73. The molecule has 0 spiro atoms.